The van der Waals surface area contributed by atoms with Crippen LogP contribution in [-0.2, 0) is 9.53 Å². The van der Waals surface area contributed by atoms with E-state index in [0.717, 1.165) is 32.5 Å². The summed E-state index contributed by atoms with van der Waals surface area (Å²) in [5, 5.41) is 8.53. The minimum absolute atomic E-state index is 0.0794. The monoisotopic (exact) mass is 215 g/mol. The molecule has 1 saturated heterocycles. The van der Waals surface area contributed by atoms with Gasteiger partial charge in [0.2, 0.25) is 0 Å². The molecule has 0 aromatic carbocycles. The molecule has 0 aromatic heterocycles. The Morgan fingerprint density at radius 3 is 3.00 bits per heavy atom. The summed E-state index contributed by atoms with van der Waals surface area (Å²) in [5.74, 6) is 0.521. The fourth-order valence-corrected chi connectivity index (χ4v) is 1.95. The summed E-state index contributed by atoms with van der Waals surface area (Å²) in [7, 11) is 0. The first-order chi connectivity index (χ1) is 7.24. The number of aliphatic hydroxyl groups is 1. The Bertz CT molecular complexity index is 196. The number of likely N-dealkylation sites (tertiary alicyclic amines) is 1. The maximum absolute atomic E-state index is 11.2. The third-order valence-corrected chi connectivity index (χ3v) is 2.87. The molecule has 1 atom stereocenters. The van der Waals surface area contributed by atoms with Gasteiger partial charge in [0.15, 0.2) is 0 Å². The molecule has 1 N–H and O–H groups in total. The van der Waals surface area contributed by atoms with Gasteiger partial charge in [-0.05, 0) is 26.3 Å². The van der Waals surface area contributed by atoms with Crippen LogP contribution in [0.5, 0.6) is 0 Å². The van der Waals surface area contributed by atoms with Crippen LogP contribution in [0, 0.1) is 5.92 Å². The molecule has 1 heterocycles. The number of hydrogen-bond donors (Lipinski definition) is 1. The van der Waals surface area contributed by atoms with Crippen LogP contribution in [0.3, 0.4) is 0 Å². The number of nitrogens with zero attached hydrogens (tertiary/aromatic N) is 1. The van der Waals surface area contributed by atoms with Crippen molar-refractivity contribution in [3.63, 3.8) is 0 Å². The molecule has 0 amide bonds. The number of Topliss-reactive ketones (excluding diaryl/α,β-unsaturated/α-hetero) is 1. The Morgan fingerprint density at radius 1 is 1.53 bits per heavy atom. The maximum Gasteiger partial charge on any atom is 0.134 e. The van der Waals surface area contributed by atoms with E-state index in [1.165, 1.54) is 0 Å². The van der Waals surface area contributed by atoms with Gasteiger partial charge in [-0.3, -0.25) is 4.79 Å². The molecule has 1 aliphatic heterocycles. The summed E-state index contributed by atoms with van der Waals surface area (Å²) in [6.07, 6.45) is 2.13. The van der Waals surface area contributed by atoms with E-state index in [-0.39, 0.29) is 12.5 Å². The van der Waals surface area contributed by atoms with Crippen molar-refractivity contribution in [1.82, 2.24) is 4.90 Å². The highest BCUT2D eigenvalue weighted by molar-refractivity contribution is 5.78. The fraction of sp³-hybridized carbons (Fsp3) is 0.909. The standard InChI is InChI=1S/C11H21NO3/c1-10(14)11-3-2-4-12(9-11)5-7-15-8-6-13/h11,13H,2-9H2,1H3. The second kappa shape index (κ2) is 6.93. The van der Waals surface area contributed by atoms with E-state index in [9.17, 15) is 4.79 Å². The molecule has 1 aliphatic rings. The lowest BCUT2D eigenvalue weighted by molar-refractivity contribution is -0.122. The molecule has 1 rings (SSSR count). The van der Waals surface area contributed by atoms with E-state index < -0.39 is 0 Å². The average Bonchev–Trinajstić information content (AvgIpc) is 2.25. The van der Waals surface area contributed by atoms with Crippen molar-refractivity contribution in [2.24, 2.45) is 5.92 Å². The number of piperidine rings is 1. The van der Waals surface area contributed by atoms with Crippen molar-refractivity contribution >= 4 is 5.78 Å². The average molecular weight is 215 g/mol. The van der Waals surface area contributed by atoms with Crippen LogP contribution in [0.25, 0.3) is 0 Å². The molecule has 0 saturated carbocycles. The van der Waals surface area contributed by atoms with Gasteiger partial charge in [-0.25, -0.2) is 0 Å². The van der Waals surface area contributed by atoms with Crippen LogP contribution in [0.4, 0.5) is 0 Å². The SMILES string of the molecule is CC(=O)C1CCCN(CCOCCO)C1. The largest absolute Gasteiger partial charge is 0.394 e. The van der Waals surface area contributed by atoms with Crippen molar-refractivity contribution in [3.8, 4) is 0 Å². The third-order valence-electron chi connectivity index (χ3n) is 2.87. The first-order valence-electron chi connectivity index (χ1n) is 5.65. The van der Waals surface area contributed by atoms with Crippen LogP contribution in [0.15, 0.2) is 0 Å². The molecule has 0 radical (unpaired) electrons. The van der Waals surface area contributed by atoms with Crippen molar-refractivity contribution in [1.29, 1.82) is 0 Å². The molecule has 15 heavy (non-hydrogen) atoms. The first-order valence-corrected chi connectivity index (χ1v) is 5.65. The quantitative estimate of drug-likeness (QED) is 0.647. The van der Waals surface area contributed by atoms with Gasteiger partial charge in [-0.2, -0.15) is 0 Å². The fourth-order valence-electron chi connectivity index (χ4n) is 1.95. The number of rotatable bonds is 6. The summed E-state index contributed by atoms with van der Waals surface area (Å²) in [5.41, 5.74) is 0. The zero-order valence-electron chi connectivity index (χ0n) is 9.45. The van der Waals surface area contributed by atoms with Gasteiger partial charge in [-0.15, -0.1) is 0 Å². The topological polar surface area (TPSA) is 49.8 Å². The Morgan fingerprint density at radius 2 is 2.33 bits per heavy atom. The van der Waals surface area contributed by atoms with Gasteiger partial charge in [0, 0.05) is 19.0 Å². The Hall–Kier alpha value is -0.450. The van der Waals surface area contributed by atoms with Gasteiger partial charge in [-0.1, -0.05) is 0 Å². The highest BCUT2D eigenvalue weighted by Crippen LogP contribution is 2.16. The Labute approximate surface area is 91.2 Å². The van der Waals surface area contributed by atoms with Crippen molar-refractivity contribution in [2.45, 2.75) is 19.8 Å². The molecule has 4 nitrogen and oxygen atoms in total. The van der Waals surface area contributed by atoms with Gasteiger partial charge in [0.05, 0.1) is 19.8 Å². The highest BCUT2D eigenvalue weighted by Gasteiger charge is 2.22. The van der Waals surface area contributed by atoms with Crippen LogP contribution in [0.1, 0.15) is 19.8 Å². The van der Waals surface area contributed by atoms with E-state index in [1.807, 2.05) is 0 Å². The predicted octanol–water partition coefficient (Wildman–Crippen LogP) is 0.296. The van der Waals surface area contributed by atoms with E-state index in [2.05, 4.69) is 4.90 Å². The molecule has 88 valence electrons. The van der Waals surface area contributed by atoms with E-state index in [0.29, 0.717) is 19.0 Å². The molecular weight excluding hydrogens is 194 g/mol. The Kier molecular flexibility index (Phi) is 5.83. The van der Waals surface area contributed by atoms with Gasteiger partial charge in [0.25, 0.3) is 0 Å². The third kappa shape index (κ3) is 4.73. The molecule has 1 fully saturated rings. The molecule has 0 aliphatic carbocycles. The number of ether oxygens (including phenoxy) is 1. The lowest BCUT2D eigenvalue weighted by atomic mass is 9.95. The van der Waals surface area contributed by atoms with Crippen LogP contribution >= 0.6 is 0 Å². The minimum Gasteiger partial charge on any atom is -0.394 e. The minimum atomic E-state index is 0.0794. The molecule has 1 unspecified atom stereocenters. The number of hydrogen-bond acceptors (Lipinski definition) is 4. The lowest BCUT2D eigenvalue weighted by Crippen LogP contribution is -2.39. The molecule has 0 bridgehead atoms. The van der Waals surface area contributed by atoms with E-state index >= 15 is 0 Å². The summed E-state index contributed by atoms with van der Waals surface area (Å²) >= 11 is 0. The molecule has 4 heteroatoms. The van der Waals surface area contributed by atoms with Crippen molar-refractivity contribution in [2.75, 3.05) is 39.5 Å². The molecular formula is C11H21NO3. The predicted molar refractivity (Wildman–Crippen MR) is 57.7 cm³/mol. The zero-order chi connectivity index (χ0) is 11.1. The zero-order valence-corrected chi connectivity index (χ0v) is 9.45. The smallest absolute Gasteiger partial charge is 0.134 e. The number of carbonyl (C=O) groups is 1. The summed E-state index contributed by atoms with van der Waals surface area (Å²) in [6, 6.07) is 0. The van der Waals surface area contributed by atoms with Crippen LogP contribution in [0.2, 0.25) is 0 Å². The lowest BCUT2D eigenvalue weighted by Gasteiger charge is -2.31. The van der Waals surface area contributed by atoms with Gasteiger partial charge >= 0.3 is 0 Å². The first kappa shape index (κ1) is 12.6. The molecule has 0 aromatic rings. The van der Waals surface area contributed by atoms with Crippen molar-refractivity contribution < 1.29 is 14.6 Å². The van der Waals surface area contributed by atoms with E-state index in [1.54, 1.807) is 6.92 Å². The summed E-state index contributed by atoms with van der Waals surface area (Å²) in [6.45, 7) is 5.61. The second-order valence-electron chi connectivity index (χ2n) is 4.09. The van der Waals surface area contributed by atoms with E-state index in [4.69, 9.17) is 9.84 Å². The maximum atomic E-state index is 11.2. The normalized spacial score (nSPS) is 22.9. The van der Waals surface area contributed by atoms with Crippen LogP contribution in [-0.4, -0.2) is 55.2 Å². The van der Waals surface area contributed by atoms with Gasteiger partial charge in [0.1, 0.15) is 5.78 Å². The summed E-state index contributed by atoms with van der Waals surface area (Å²) in [4.78, 5) is 13.5. The Balaban J connectivity index is 2.15. The highest BCUT2D eigenvalue weighted by atomic mass is 16.5. The number of carbonyl (C=O) groups excluding carboxylic acids is 1. The molecule has 0 spiro atoms. The number of ketones is 1. The second-order valence-corrected chi connectivity index (χ2v) is 4.09. The van der Waals surface area contributed by atoms with Gasteiger partial charge < -0.3 is 14.7 Å². The number of aliphatic hydroxyl groups excluding tert-OH is 1. The van der Waals surface area contributed by atoms with Crippen molar-refractivity contribution in [3.05, 3.63) is 0 Å². The van der Waals surface area contributed by atoms with Crippen LogP contribution < -0.4 is 0 Å². The summed E-state index contributed by atoms with van der Waals surface area (Å²) < 4.78 is 5.20.